The number of β-amino-alcohol motifs (C(OH)–C–C–N with tert-alkyl or cyclic N) is 4. The molecule has 8 atom stereocenters. The Balaban J connectivity index is 0.000000210. The molecule has 4 aromatic heterocycles. The second-order valence-electron chi connectivity index (χ2n) is 39.2. The van der Waals surface area contributed by atoms with Gasteiger partial charge in [-0.3, -0.25) is 67.5 Å². The Labute approximate surface area is 831 Å². The Morgan fingerprint density at radius 1 is 0.482 bits per heavy atom. The summed E-state index contributed by atoms with van der Waals surface area (Å²) in [6.45, 7) is 26.0. The summed E-state index contributed by atoms with van der Waals surface area (Å²) in [4.78, 5) is 168. The number of carboxylic acid groups (broad SMARTS) is 1. The van der Waals surface area contributed by atoms with Crippen molar-refractivity contribution in [1.82, 2.24) is 85.9 Å². The van der Waals surface area contributed by atoms with Crippen LogP contribution in [0, 0.1) is 24.7 Å². The topological polar surface area (TPSA) is 497 Å². The molecule has 14 rings (SSSR count). The molecule has 0 saturated carbocycles. The number of thiazole rings is 2. The summed E-state index contributed by atoms with van der Waals surface area (Å²) in [5.41, 5.74) is 19.7. The highest BCUT2D eigenvalue weighted by molar-refractivity contribution is 7.13. The van der Waals surface area contributed by atoms with Crippen molar-refractivity contribution >= 4 is 93.2 Å². The van der Waals surface area contributed by atoms with E-state index >= 15 is 0 Å². The number of nitrogens with one attached hydrogen (secondary N) is 7. The minimum absolute atomic E-state index is 0.0113. The van der Waals surface area contributed by atoms with Gasteiger partial charge in [0.05, 0.1) is 102 Å². The summed E-state index contributed by atoms with van der Waals surface area (Å²) < 4.78 is 10.8. The molecule has 6 aliphatic rings. The largest absolute Gasteiger partial charge is 0.481 e. The van der Waals surface area contributed by atoms with Gasteiger partial charge in [-0.1, -0.05) is 139 Å². The number of likely N-dealkylation sites (tertiary alicyclic amines) is 4. The van der Waals surface area contributed by atoms with E-state index in [1.807, 2.05) is 94.7 Å². The first-order chi connectivity index (χ1) is 67.6. The summed E-state index contributed by atoms with van der Waals surface area (Å²) in [5, 5.41) is 71.7. The third-order valence-corrected chi connectivity index (χ3v) is 27.7. The number of carbonyl (C=O) groups excluding carboxylic acids is 9. The predicted octanol–water partition coefficient (Wildman–Crippen LogP) is 6.13. The lowest BCUT2D eigenvalue weighted by molar-refractivity contribution is -0.144. The Morgan fingerprint density at radius 2 is 0.879 bits per heavy atom. The summed E-state index contributed by atoms with van der Waals surface area (Å²) in [7, 11) is 0. The number of anilines is 2. The SMILES string of the molecule is Cc1ncsc1-c1ccc(CNC(=O)[C@@H]2C[C@@H](O)CN2C(=O)[C@@H](NC(=O)CCOCCC(=O)NCCN2CC(Nc3cc(C(=O)CC[C@H](O)CN4CCc5ccccc5C4)ncn3)C2)C(C)(C)C)cc1.Cc1ncsc1-c1ccc(CNC(=O)[C@@H]2C[C@@H](O)CN2C(=O)[C@@H](NC(=O)CCOCCC(=O)O)C(C)(C)C)cc1.NCCN1CC(Nc2cc(C(=O)CC[C@H](O)CN3CCc4ccccc4C3)ncn2)C1. The normalized spacial score (nSPS) is 18.2. The first-order valence-corrected chi connectivity index (χ1v) is 50.4. The van der Waals surface area contributed by atoms with Gasteiger partial charge in [0.2, 0.25) is 41.4 Å². The number of nitrogens with zero attached hydrogens (tertiary/aromatic N) is 12. The van der Waals surface area contributed by atoms with Crippen LogP contribution < -0.4 is 43.0 Å². The summed E-state index contributed by atoms with van der Waals surface area (Å²) in [5.74, 6) is -2.62. The van der Waals surface area contributed by atoms with Crippen LogP contribution in [0.3, 0.4) is 0 Å². The number of amides is 7. The fraction of sp³-hybridized carbons (Fsp3) is 0.529. The van der Waals surface area contributed by atoms with Crippen molar-refractivity contribution in [2.75, 3.05) is 129 Å². The molecule has 7 amide bonds. The number of benzene rings is 4. The van der Waals surface area contributed by atoms with E-state index in [0.29, 0.717) is 74.6 Å². The van der Waals surface area contributed by atoms with Gasteiger partial charge < -0.3 is 87.8 Å². The number of carbonyl (C=O) groups is 10. The molecule has 760 valence electrons. The molecular formula is C102H138N20O17S2. The van der Waals surface area contributed by atoms with E-state index in [0.717, 1.165) is 115 Å². The number of aliphatic hydroxyl groups excluding tert-OH is 4. The van der Waals surface area contributed by atoms with E-state index in [-0.39, 0.29) is 139 Å². The van der Waals surface area contributed by atoms with Crippen molar-refractivity contribution in [3.05, 3.63) is 189 Å². The van der Waals surface area contributed by atoms with Crippen LogP contribution in [0.5, 0.6) is 0 Å². The van der Waals surface area contributed by atoms with Crippen molar-refractivity contribution < 1.29 is 83.0 Å². The highest BCUT2D eigenvalue weighted by Gasteiger charge is 2.47. The maximum absolute atomic E-state index is 14.0. The highest BCUT2D eigenvalue weighted by atomic mass is 32.1. The number of aliphatic carboxylic acids is 1. The van der Waals surface area contributed by atoms with Gasteiger partial charge in [0.25, 0.3) is 0 Å². The smallest absolute Gasteiger partial charge is 0.305 e. The Morgan fingerprint density at radius 3 is 1.27 bits per heavy atom. The van der Waals surface area contributed by atoms with Crippen molar-refractivity contribution in [2.24, 2.45) is 16.6 Å². The van der Waals surface area contributed by atoms with E-state index in [9.17, 15) is 68.4 Å². The number of aliphatic hydroxyl groups is 4. The lowest BCUT2D eigenvalue weighted by atomic mass is 9.85. The highest BCUT2D eigenvalue weighted by Crippen LogP contribution is 2.33. The van der Waals surface area contributed by atoms with Crippen LogP contribution in [-0.4, -0.2) is 322 Å². The molecule has 14 N–H and O–H groups in total. The zero-order valence-corrected chi connectivity index (χ0v) is 83.5. The van der Waals surface area contributed by atoms with Crippen LogP contribution in [0.25, 0.3) is 20.9 Å². The fourth-order valence-electron chi connectivity index (χ4n) is 17.8. The average molecular weight is 1980 g/mol. The van der Waals surface area contributed by atoms with Crippen LogP contribution in [-0.2, 0) is 86.9 Å². The molecule has 0 bridgehead atoms. The number of carboxylic acids is 1. The number of hydrogen-bond acceptors (Lipinski definition) is 31. The Bertz CT molecular complexity index is 5490. The number of fused-ring (bicyclic) bond motifs is 2. The number of nitrogens with two attached hydrogens (primary N) is 1. The van der Waals surface area contributed by atoms with Crippen molar-refractivity contribution in [3.8, 4) is 20.9 Å². The molecule has 0 radical (unpaired) electrons. The lowest BCUT2D eigenvalue weighted by Gasteiger charge is -2.39. The number of aromatic nitrogens is 6. The van der Waals surface area contributed by atoms with E-state index in [2.05, 4.69) is 129 Å². The van der Waals surface area contributed by atoms with E-state index in [4.69, 9.17) is 20.3 Å². The molecule has 37 nitrogen and oxygen atoms in total. The molecule has 141 heavy (non-hydrogen) atoms. The number of Topliss-reactive ketones (excluding diaryl/α,β-unsaturated/α-hetero) is 2. The van der Waals surface area contributed by atoms with Crippen LogP contribution >= 0.6 is 22.7 Å². The number of hydrogen-bond donors (Lipinski definition) is 13. The van der Waals surface area contributed by atoms with Crippen LogP contribution in [0.1, 0.15) is 171 Å². The first kappa shape index (κ1) is 108. The predicted molar refractivity (Wildman–Crippen MR) is 535 cm³/mol. The second-order valence-corrected chi connectivity index (χ2v) is 40.9. The zero-order chi connectivity index (χ0) is 101. The molecule has 4 saturated heterocycles. The summed E-state index contributed by atoms with van der Waals surface area (Å²) >= 11 is 3.13. The first-order valence-electron chi connectivity index (χ1n) is 48.6. The molecule has 0 spiro atoms. The third-order valence-electron chi connectivity index (χ3n) is 25.8. The molecule has 4 fully saturated rings. The van der Waals surface area contributed by atoms with Crippen LogP contribution in [0.4, 0.5) is 11.6 Å². The molecule has 0 unspecified atom stereocenters. The van der Waals surface area contributed by atoms with Crippen molar-refractivity contribution in [2.45, 2.75) is 219 Å². The molecule has 6 aliphatic heterocycles. The quantitative estimate of drug-likeness (QED) is 0.0151. The van der Waals surface area contributed by atoms with Gasteiger partial charge in [-0.05, 0) is 94.9 Å². The van der Waals surface area contributed by atoms with E-state index in [1.165, 1.54) is 44.7 Å². The zero-order valence-electron chi connectivity index (χ0n) is 81.9. The standard InChI is InChI=1S/C51H68N10O8S.C28H38N4O7S.C23H32N6O2/c1-33-47(70-32-56-33)36-11-9-34(10-12-36)25-53-49(67)42-23-40(63)30-61(42)50(68)48(51(2,3)4)58-46(66)17-22-69-21-16-45(65)52-18-20-60-27-38(28-60)57-44-24-41(54-31-55-44)43(64)14-13-39(62)29-59-19-15-35-7-5-6-8-37(35)26-59;1-17-24(40-16-30-17)19-7-5-18(6-8-19)14-29-26(37)21-13-20(33)15-32(21)27(38)25(28(2,3)4)31-22(34)9-11-39-12-10-23(35)36;24-8-10-29-13-19(14-29)27-23-11-21(25-16-26-23)22(31)6-5-20(30)15-28-9-7-17-3-1-2-4-18(17)12-28/h5-12,24,31-32,38-40,42,48,62-63H,13-23,25-30H2,1-4H3,(H,52,65)(H,53,67)(H,58,66)(H,54,55,57);5-8,16,20-21,25,33H,9-15H2,1-4H3,(H,29,37)(H,31,34)(H,35,36);1-4,11,16,19-20,30H,5-10,12-15,24H2,(H,25,26,27)/t39-,40+,42-,48+;20-,21+,25-;20-/m010/s1. The average Bonchev–Trinajstić information content (AvgIpc) is 1.67. The van der Waals surface area contributed by atoms with E-state index in [1.54, 1.807) is 61.1 Å². The minimum Gasteiger partial charge on any atom is -0.481 e. The van der Waals surface area contributed by atoms with Crippen molar-refractivity contribution in [3.63, 3.8) is 0 Å². The summed E-state index contributed by atoms with van der Waals surface area (Å²) in [6.07, 6.45) is 3.21. The van der Waals surface area contributed by atoms with Gasteiger partial charge in [0.1, 0.15) is 59.8 Å². The van der Waals surface area contributed by atoms with Gasteiger partial charge in [0, 0.05) is 175 Å². The number of ether oxygens (including phenoxy) is 2. The molecule has 10 heterocycles. The van der Waals surface area contributed by atoms with Gasteiger partial charge in [-0.25, -0.2) is 29.9 Å². The Hall–Kier alpha value is -11.4. The van der Waals surface area contributed by atoms with Gasteiger partial charge in [-0.15, -0.1) is 22.7 Å². The molecular weight excluding hydrogens is 1840 g/mol. The van der Waals surface area contributed by atoms with Gasteiger partial charge >= 0.3 is 5.97 Å². The van der Waals surface area contributed by atoms with E-state index < -0.39 is 89.0 Å². The number of rotatable bonds is 45. The fourth-order valence-corrected chi connectivity index (χ4v) is 19.5. The maximum Gasteiger partial charge on any atom is 0.305 e. The lowest BCUT2D eigenvalue weighted by Crippen LogP contribution is -2.57. The minimum atomic E-state index is -0.992. The third kappa shape index (κ3) is 33.1. The molecule has 4 aromatic carbocycles. The second kappa shape index (κ2) is 52.5. The monoisotopic (exact) mass is 1980 g/mol. The van der Waals surface area contributed by atoms with Gasteiger partial charge in [0.15, 0.2) is 11.6 Å². The molecule has 0 aliphatic carbocycles. The number of aryl methyl sites for hydroxylation is 2. The number of ketones is 2. The van der Waals surface area contributed by atoms with Crippen LogP contribution in [0.15, 0.2) is 133 Å². The van der Waals surface area contributed by atoms with Crippen molar-refractivity contribution in [1.29, 1.82) is 0 Å². The Kier molecular flexibility index (Phi) is 40.4. The molecule has 8 aromatic rings. The molecule has 39 heteroatoms. The maximum atomic E-state index is 14.0. The summed E-state index contributed by atoms with van der Waals surface area (Å²) in [6, 6.07) is 32.6. The van der Waals surface area contributed by atoms with Crippen LogP contribution in [0.2, 0.25) is 0 Å². The van der Waals surface area contributed by atoms with Gasteiger partial charge in [-0.2, -0.15) is 0 Å².